The zero-order chi connectivity index (χ0) is 16.4. The Balaban J connectivity index is 1.76. The van der Waals surface area contributed by atoms with Gasteiger partial charge in [-0.1, -0.05) is 13.0 Å². The summed E-state index contributed by atoms with van der Waals surface area (Å²) in [5, 5.41) is 7.62. The molecule has 0 unspecified atom stereocenters. The zero-order valence-electron chi connectivity index (χ0n) is 13.3. The minimum atomic E-state index is -0.130. The van der Waals surface area contributed by atoms with Crippen molar-refractivity contribution < 1.29 is 9.59 Å². The van der Waals surface area contributed by atoms with Gasteiger partial charge in [-0.2, -0.15) is 0 Å². The molecule has 0 saturated heterocycles. The SMILES string of the molecule is CC(=O)Nc1cccc(NC(=O)c2csc3c2CC[C@@H](C)C3)c1. The zero-order valence-corrected chi connectivity index (χ0v) is 14.1. The van der Waals surface area contributed by atoms with Crippen LogP contribution >= 0.6 is 11.3 Å². The van der Waals surface area contributed by atoms with E-state index in [0.717, 1.165) is 24.8 Å². The van der Waals surface area contributed by atoms with Crippen molar-refractivity contribution in [3.05, 3.63) is 45.6 Å². The first-order chi connectivity index (χ1) is 11.0. The maximum absolute atomic E-state index is 12.6. The van der Waals surface area contributed by atoms with E-state index < -0.39 is 0 Å². The third kappa shape index (κ3) is 3.62. The third-order valence-corrected chi connectivity index (χ3v) is 5.14. The highest BCUT2D eigenvalue weighted by molar-refractivity contribution is 7.10. The molecule has 2 aromatic rings. The molecule has 1 aromatic heterocycles. The van der Waals surface area contributed by atoms with Crippen molar-refractivity contribution in [2.75, 3.05) is 10.6 Å². The summed E-state index contributed by atoms with van der Waals surface area (Å²) in [5.41, 5.74) is 3.37. The van der Waals surface area contributed by atoms with E-state index in [1.54, 1.807) is 23.5 Å². The highest BCUT2D eigenvalue weighted by Crippen LogP contribution is 2.33. The molecule has 2 N–H and O–H groups in total. The lowest BCUT2D eigenvalue weighted by atomic mass is 9.88. The van der Waals surface area contributed by atoms with Crippen LogP contribution in [0.5, 0.6) is 0 Å². The largest absolute Gasteiger partial charge is 0.326 e. The molecule has 0 spiro atoms. The number of benzene rings is 1. The van der Waals surface area contributed by atoms with Crippen molar-refractivity contribution in [2.24, 2.45) is 5.92 Å². The Morgan fingerprint density at radius 1 is 1.22 bits per heavy atom. The molecule has 3 rings (SSSR count). The Hall–Kier alpha value is -2.14. The Bertz CT molecular complexity index is 751. The number of carbonyl (C=O) groups is 2. The number of rotatable bonds is 3. The Kier molecular flexibility index (Phi) is 4.48. The highest BCUT2D eigenvalue weighted by atomic mass is 32.1. The lowest BCUT2D eigenvalue weighted by Crippen LogP contribution is -2.16. The molecule has 1 atom stereocenters. The number of fused-ring (bicyclic) bond motifs is 1. The number of hydrogen-bond donors (Lipinski definition) is 2. The molecule has 1 aliphatic carbocycles. The van der Waals surface area contributed by atoms with Crippen LogP contribution in [0.25, 0.3) is 0 Å². The number of amides is 2. The minimum absolute atomic E-state index is 0.0722. The fourth-order valence-corrected chi connectivity index (χ4v) is 4.19. The van der Waals surface area contributed by atoms with Crippen molar-refractivity contribution in [3.8, 4) is 0 Å². The topological polar surface area (TPSA) is 58.2 Å². The van der Waals surface area contributed by atoms with Crippen LogP contribution < -0.4 is 10.6 Å². The molecule has 0 aliphatic heterocycles. The van der Waals surface area contributed by atoms with Gasteiger partial charge in [0, 0.05) is 28.6 Å². The predicted molar refractivity (Wildman–Crippen MR) is 94.2 cm³/mol. The Morgan fingerprint density at radius 3 is 2.70 bits per heavy atom. The van der Waals surface area contributed by atoms with Crippen LogP contribution in [-0.2, 0) is 17.6 Å². The van der Waals surface area contributed by atoms with Crippen molar-refractivity contribution in [1.82, 2.24) is 0 Å². The van der Waals surface area contributed by atoms with E-state index in [4.69, 9.17) is 0 Å². The average Bonchev–Trinajstić information content (AvgIpc) is 2.89. The maximum Gasteiger partial charge on any atom is 0.256 e. The maximum atomic E-state index is 12.6. The Morgan fingerprint density at radius 2 is 1.96 bits per heavy atom. The summed E-state index contributed by atoms with van der Waals surface area (Å²) < 4.78 is 0. The van der Waals surface area contributed by atoms with E-state index in [1.807, 2.05) is 17.5 Å². The summed E-state index contributed by atoms with van der Waals surface area (Å²) in [6.45, 7) is 3.72. The van der Waals surface area contributed by atoms with E-state index >= 15 is 0 Å². The second-order valence-corrected chi connectivity index (χ2v) is 7.08. The first-order valence-corrected chi connectivity index (χ1v) is 8.69. The summed E-state index contributed by atoms with van der Waals surface area (Å²) in [4.78, 5) is 25.0. The summed E-state index contributed by atoms with van der Waals surface area (Å²) in [5.74, 6) is 0.498. The number of thiophene rings is 1. The van der Waals surface area contributed by atoms with E-state index in [2.05, 4.69) is 17.6 Å². The Labute approximate surface area is 139 Å². The van der Waals surface area contributed by atoms with Crippen LogP contribution in [0.15, 0.2) is 29.6 Å². The molecule has 0 fully saturated rings. The molecule has 0 bridgehead atoms. The second kappa shape index (κ2) is 6.54. The fraction of sp³-hybridized carbons (Fsp3) is 0.333. The molecule has 4 nitrogen and oxygen atoms in total. The number of hydrogen-bond acceptors (Lipinski definition) is 3. The standard InChI is InChI=1S/C18H20N2O2S/c1-11-6-7-15-16(10-23-17(15)8-11)18(22)20-14-5-3-4-13(9-14)19-12(2)21/h3-5,9-11H,6-8H2,1-2H3,(H,19,21)(H,20,22)/t11-/m1/s1. The lowest BCUT2D eigenvalue weighted by molar-refractivity contribution is -0.114. The summed E-state index contributed by atoms with van der Waals surface area (Å²) in [6, 6.07) is 7.20. The molecular formula is C18H20N2O2S. The van der Waals surface area contributed by atoms with Gasteiger partial charge in [0.25, 0.3) is 5.91 Å². The molecule has 2 amide bonds. The molecule has 5 heteroatoms. The number of carbonyl (C=O) groups excluding carboxylic acids is 2. The molecule has 23 heavy (non-hydrogen) atoms. The molecule has 1 aliphatic rings. The molecule has 1 heterocycles. The first-order valence-electron chi connectivity index (χ1n) is 7.81. The molecule has 1 aromatic carbocycles. The van der Waals surface area contributed by atoms with Gasteiger partial charge in [-0.15, -0.1) is 11.3 Å². The fourth-order valence-electron chi connectivity index (χ4n) is 2.94. The van der Waals surface area contributed by atoms with Crippen molar-refractivity contribution >= 4 is 34.5 Å². The quantitative estimate of drug-likeness (QED) is 0.892. The molecular weight excluding hydrogens is 308 g/mol. The van der Waals surface area contributed by atoms with Crippen LogP contribution in [0.1, 0.15) is 41.1 Å². The highest BCUT2D eigenvalue weighted by Gasteiger charge is 2.23. The third-order valence-electron chi connectivity index (χ3n) is 4.09. The second-order valence-electron chi connectivity index (χ2n) is 6.12. The molecule has 0 saturated carbocycles. The van der Waals surface area contributed by atoms with Gasteiger partial charge in [0.05, 0.1) is 5.56 Å². The van der Waals surface area contributed by atoms with E-state index in [1.165, 1.54) is 17.4 Å². The van der Waals surface area contributed by atoms with E-state index in [-0.39, 0.29) is 11.8 Å². The molecule has 120 valence electrons. The monoisotopic (exact) mass is 328 g/mol. The average molecular weight is 328 g/mol. The summed E-state index contributed by atoms with van der Waals surface area (Å²) in [7, 11) is 0. The van der Waals surface area contributed by atoms with E-state index in [0.29, 0.717) is 17.3 Å². The van der Waals surface area contributed by atoms with Gasteiger partial charge in [0.2, 0.25) is 5.91 Å². The van der Waals surface area contributed by atoms with Gasteiger partial charge in [-0.3, -0.25) is 9.59 Å². The van der Waals surface area contributed by atoms with Gasteiger partial charge in [-0.05, 0) is 48.9 Å². The van der Waals surface area contributed by atoms with Gasteiger partial charge in [0.1, 0.15) is 0 Å². The minimum Gasteiger partial charge on any atom is -0.326 e. The van der Waals surface area contributed by atoms with Crippen LogP contribution in [0, 0.1) is 5.92 Å². The number of anilines is 2. The lowest BCUT2D eigenvalue weighted by Gasteiger charge is -2.18. The smallest absolute Gasteiger partial charge is 0.256 e. The normalized spacial score (nSPS) is 16.5. The number of nitrogens with one attached hydrogen (secondary N) is 2. The van der Waals surface area contributed by atoms with Crippen molar-refractivity contribution in [3.63, 3.8) is 0 Å². The van der Waals surface area contributed by atoms with Crippen LogP contribution in [0.3, 0.4) is 0 Å². The van der Waals surface area contributed by atoms with Gasteiger partial charge in [-0.25, -0.2) is 0 Å². The summed E-state index contributed by atoms with van der Waals surface area (Å²) in [6.07, 6.45) is 3.20. The van der Waals surface area contributed by atoms with E-state index in [9.17, 15) is 9.59 Å². The van der Waals surface area contributed by atoms with Crippen LogP contribution in [0.2, 0.25) is 0 Å². The van der Waals surface area contributed by atoms with Gasteiger partial charge in [0.15, 0.2) is 0 Å². The van der Waals surface area contributed by atoms with Gasteiger partial charge < -0.3 is 10.6 Å². The van der Waals surface area contributed by atoms with Crippen molar-refractivity contribution in [1.29, 1.82) is 0 Å². The van der Waals surface area contributed by atoms with Crippen LogP contribution in [0.4, 0.5) is 11.4 Å². The van der Waals surface area contributed by atoms with Crippen LogP contribution in [-0.4, -0.2) is 11.8 Å². The van der Waals surface area contributed by atoms with Crippen molar-refractivity contribution in [2.45, 2.75) is 33.1 Å². The molecule has 0 radical (unpaired) electrons. The first kappa shape index (κ1) is 15.7. The van der Waals surface area contributed by atoms with Gasteiger partial charge >= 0.3 is 0 Å². The predicted octanol–water partition coefficient (Wildman–Crippen LogP) is 4.08. The summed E-state index contributed by atoms with van der Waals surface area (Å²) >= 11 is 1.69.